The molecule has 2 aliphatic heterocycles. The number of nitrogens with one attached hydrogen (secondary N) is 2. The fraction of sp³-hybridized carbons (Fsp3) is 0.320. The predicted molar refractivity (Wildman–Crippen MR) is 128 cm³/mol. The van der Waals surface area contributed by atoms with E-state index in [2.05, 4.69) is 31.4 Å². The molecule has 0 bridgehead atoms. The fourth-order valence-electron chi connectivity index (χ4n) is 5.08. The summed E-state index contributed by atoms with van der Waals surface area (Å²) >= 11 is 0. The van der Waals surface area contributed by atoms with Gasteiger partial charge in [-0.05, 0) is 44.2 Å². The smallest absolute Gasteiger partial charge is 0.228 e. The van der Waals surface area contributed by atoms with E-state index in [-0.39, 0.29) is 11.6 Å². The molecule has 3 aromatic heterocycles. The molecular weight excluding hydrogens is 428 g/mol. The number of nitriles is 1. The fourth-order valence-corrected chi connectivity index (χ4v) is 5.08. The summed E-state index contributed by atoms with van der Waals surface area (Å²) < 4.78 is 1.78. The molecule has 0 saturated carbocycles. The largest absolute Gasteiger partial charge is 0.355 e. The molecule has 4 aromatic rings. The van der Waals surface area contributed by atoms with E-state index in [4.69, 9.17) is 4.98 Å². The van der Waals surface area contributed by atoms with Crippen molar-refractivity contribution < 1.29 is 4.79 Å². The molecule has 0 atom stereocenters. The number of rotatable bonds is 4. The predicted octanol–water partition coefficient (Wildman–Crippen LogP) is 2.49. The Morgan fingerprint density at radius 3 is 2.59 bits per heavy atom. The number of aryl methyl sites for hydroxylation is 2. The number of fused-ring (bicyclic) bond motifs is 1. The van der Waals surface area contributed by atoms with Crippen LogP contribution in [0.25, 0.3) is 22.3 Å². The topological polar surface area (TPSA) is 116 Å². The number of imidazole rings is 1. The van der Waals surface area contributed by atoms with E-state index < -0.39 is 0 Å². The Balaban J connectivity index is 1.33. The zero-order valence-electron chi connectivity index (χ0n) is 19.3. The van der Waals surface area contributed by atoms with E-state index in [0.717, 1.165) is 54.5 Å². The standard InChI is InChI=1S/C25H24N8O/c1-14-21(15(2)32(3)31-14)18-8-16(4-5-17(18)9-26)22(34)24-28-19-6-7-20(29-23(19)30-24)33-12-25(13-33)10-27-11-25/h4-8,27H,10-13H2,1-3H3,(H,28,29,30). The van der Waals surface area contributed by atoms with Gasteiger partial charge < -0.3 is 15.2 Å². The maximum atomic E-state index is 13.3. The Labute approximate surface area is 196 Å². The number of carbonyl (C=O) groups excluding carboxylic acids is 1. The second-order valence-corrected chi connectivity index (χ2v) is 9.46. The van der Waals surface area contributed by atoms with Gasteiger partial charge in [0, 0.05) is 61.0 Å². The minimum Gasteiger partial charge on any atom is -0.355 e. The number of carbonyl (C=O) groups is 1. The highest BCUT2D eigenvalue weighted by atomic mass is 16.1. The summed E-state index contributed by atoms with van der Waals surface area (Å²) in [5, 5.41) is 17.5. The zero-order chi connectivity index (χ0) is 23.6. The average molecular weight is 453 g/mol. The first-order chi connectivity index (χ1) is 16.4. The van der Waals surface area contributed by atoms with Gasteiger partial charge in [-0.1, -0.05) is 0 Å². The monoisotopic (exact) mass is 452 g/mol. The molecule has 2 N–H and O–H groups in total. The minimum absolute atomic E-state index is 0.234. The van der Waals surface area contributed by atoms with Crippen molar-refractivity contribution in [2.45, 2.75) is 13.8 Å². The molecule has 170 valence electrons. The van der Waals surface area contributed by atoms with Crippen molar-refractivity contribution in [3.63, 3.8) is 0 Å². The van der Waals surface area contributed by atoms with Crippen LogP contribution in [0.2, 0.25) is 0 Å². The van der Waals surface area contributed by atoms with E-state index >= 15 is 0 Å². The number of ketones is 1. The molecule has 0 aliphatic carbocycles. The molecule has 34 heavy (non-hydrogen) atoms. The Bertz CT molecular complexity index is 1510. The quantitative estimate of drug-likeness (QED) is 0.457. The van der Waals surface area contributed by atoms with Gasteiger partial charge in [0.05, 0.1) is 22.8 Å². The van der Waals surface area contributed by atoms with Gasteiger partial charge in [-0.15, -0.1) is 0 Å². The number of anilines is 1. The first kappa shape index (κ1) is 20.6. The number of nitrogens with zero attached hydrogens (tertiary/aromatic N) is 6. The van der Waals surface area contributed by atoms with Crippen LogP contribution in [0.4, 0.5) is 5.82 Å². The summed E-state index contributed by atoms with van der Waals surface area (Å²) in [6.07, 6.45) is 0. The zero-order valence-corrected chi connectivity index (χ0v) is 19.3. The summed E-state index contributed by atoms with van der Waals surface area (Å²) in [4.78, 5) is 27.9. The van der Waals surface area contributed by atoms with E-state index in [0.29, 0.717) is 27.8 Å². The number of aromatic amines is 1. The van der Waals surface area contributed by atoms with E-state index in [1.54, 1.807) is 22.9 Å². The molecule has 0 unspecified atom stereocenters. The van der Waals surface area contributed by atoms with Crippen LogP contribution >= 0.6 is 0 Å². The third-order valence-corrected chi connectivity index (χ3v) is 7.10. The summed E-state index contributed by atoms with van der Waals surface area (Å²) in [5.74, 6) is 0.879. The van der Waals surface area contributed by atoms with Crippen LogP contribution in [0.15, 0.2) is 30.3 Å². The Morgan fingerprint density at radius 2 is 1.94 bits per heavy atom. The molecule has 0 radical (unpaired) electrons. The molecule has 2 fully saturated rings. The number of pyridine rings is 1. The van der Waals surface area contributed by atoms with Crippen molar-refractivity contribution in [2.75, 3.05) is 31.1 Å². The van der Waals surface area contributed by atoms with Crippen molar-refractivity contribution in [3.05, 3.63) is 58.7 Å². The molecule has 1 spiro atoms. The first-order valence-corrected chi connectivity index (χ1v) is 11.3. The molecule has 1 aromatic carbocycles. The van der Waals surface area contributed by atoms with Crippen LogP contribution < -0.4 is 10.2 Å². The van der Waals surface area contributed by atoms with Gasteiger partial charge in [0.2, 0.25) is 5.78 Å². The van der Waals surface area contributed by atoms with Crippen LogP contribution in [0, 0.1) is 30.6 Å². The summed E-state index contributed by atoms with van der Waals surface area (Å²) in [6.45, 7) is 7.98. The number of H-pyrrole nitrogens is 1. The SMILES string of the molecule is Cc1nn(C)c(C)c1-c1cc(C(=O)c2nc3nc(N4CC5(CNC5)C4)ccc3[nH]2)ccc1C#N. The highest BCUT2D eigenvalue weighted by Gasteiger charge is 2.48. The Kier molecular flexibility index (Phi) is 4.38. The van der Waals surface area contributed by atoms with E-state index in [1.807, 2.05) is 33.0 Å². The van der Waals surface area contributed by atoms with Crippen LogP contribution in [0.5, 0.6) is 0 Å². The van der Waals surface area contributed by atoms with Crippen molar-refractivity contribution in [2.24, 2.45) is 12.5 Å². The maximum absolute atomic E-state index is 13.3. The molecule has 2 saturated heterocycles. The molecule has 0 amide bonds. The number of hydrogen-bond acceptors (Lipinski definition) is 7. The molecule has 5 heterocycles. The average Bonchev–Trinajstić information content (AvgIpc) is 3.30. The highest BCUT2D eigenvalue weighted by Crippen LogP contribution is 2.37. The summed E-state index contributed by atoms with van der Waals surface area (Å²) in [6, 6.07) is 11.3. The van der Waals surface area contributed by atoms with E-state index in [9.17, 15) is 10.1 Å². The summed E-state index contributed by atoms with van der Waals surface area (Å²) in [5.41, 5.74) is 5.93. The number of benzene rings is 1. The van der Waals surface area contributed by atoms with Gasteiger partial charge in [0.25, 0.3) is 0 Å². The lowest BCUT2D eigenvalue weighted by Gasteiger charge is -2.56. The van der Waals surface area contributed by atoms with Gasteiger partial charge in [-0.2, -0.15) is 10.4 Å². The molecule has 9 nitrogen and oxygen atoms in total. The first-order valence-electron chi connectivity index (χ1n) is 11.3. The lowest BCUT2D eigenvalue weighted by molar-refractivity contribution is 0.103. The van der Waals surface area contributed by atoms with Crippen LogP contribution in [0.1, 0.15) is 33.1 Å². The second-order valence-electron chi connectivity index (χ2n) is 9.46. The molecular formula is C25H24N8O. The molecule has 6 rings (SSSR count). The van der Waals surface area contributed by atoms with Crippen LogP contribution in [0.3, 0.4) is 0 Å². The normalized spacial score (nSPS) is 16.4. The number of hydrogen-bond donors (Lipinski definition) is 2. The Hall–Kier alpha value is -4.03. The maximum Gasteiger partial charge on any atom is 0.228 e. The van der Waals surface area contributed by atoms with Gasteiger partial charge in [-0.25, -0.2) is 9.97 Å². The van der Waals surface area contributed by atoms with Gasteiger partial charge in [0.15, 0.2) is 11.5 Å². The van der Waals surface area contributed by atoms with E-state index in [1.165, 1.54) is 0 Å². The van der Waals surface area contributed by atoms with Crippen molar-refractivity contribution in [1.29, 1.82) is 5.26 Å². The molecule has 9 heteroatoms. The molecule has 2 aliphatic rings. The van der Waals surface area contributed by atoms with Crippen molar-refractivity contribution >= 4 is 22.8 Å². The number of aromatic nitrogens is 5. The van der Waals surface area contributed by atoms with Gasteiger partial charge in [0.1, 0.15) is 5.82 Å². The third kappa shape index (κ3) is 3.03. The van der Waals surface area contributed by atoms with Gasteiger partial charge >= 0.3 is 0 Å². The van der Waals surface area contributed by atoms with Crippen molar-refractivity contribution in [1.82, 2.24) is 30.0 Å². The van der Waals surface area contributed by atoms with Gasteiger partial charge in [-0.3, -0.25) is 9.48 Å². The minimum atomic E-state index is -0.243. The Morgan fingerprint density at radius 1 is 1.15 bits per heavy atom. The van der Waals surface area contributed by atoms with Crippen LogP contribution in [-0.4, -0.2) is 56.7 Å². The lowest BCUT2D eigenvalue weighted by Crippen LogP contribution is -2.71. The van der Waals surface area contributed by atoms with Crippen LogP contribution in [-0.2, 0) is 7.05 Å². The summed E-state index contributed by atoms with van der Waals surface area (Å²) in [7, 11) is 1.87. The van der Waals surface area contributed by atoms with Crippen molar-refractivity contribution in [3.8, 4) is 17.2 Å². The second kappa shape index (κ2) is 7.23. The highest BCUT2D eigenvalue weighted by molar-refractivity contribution is 6.08. The lowest BCUT2D eigenvalue weighted by atomic mass is 9.74. The third-order valence-electron chi connectivity index (χ3n) is 7.10.